The molecule has 1 aliphatic carbocycles. The van der Waals surface area contributed by atoms with Gasteiger partial charge in [-0.15, -0.1) is 0 Å². The second-order valence-corrected chi connectivity index (χ2v) is 5.75. The van der Waals surface area contributed by atoms with Crippen LogP contribution in [0.3, 0.4) is 0 Å². The minimum absolute atomic E-state index is 0.0361. The zero-order chi connectivity index (χ0) is 17.3. The summed E-state index contributed by atoms with van der Waals surface area (Å²) in [5.41, 5.74) is -0.0459. The van der Waals surface area contributed by atoms with Crippen LogP contribution in [0.1, 0.15) is 23.5 Å². The van der Waals surface area contributed by atoms with Gasteiger partial charge in [-0.2, -0.15) is 13.2 Å². The van der Waals surface area contributed by atoms with E-state index in [1.807, 2.05) is 24.3 Å². The molecule has 2 aromatic carbocycles. The van der Waals surface area contributed by atoms with Crippen molar-refractivity contribution in [1.82, 2.24) is 0 Å². The van der Waals surface area contributed by atoms with Crippen LogP contribution >= 0.6 is 0 Å². The van der Waals surface area contributed by atoms with Crippen molar-refractivity contribution in [3.05, 3.63) is 59.7 Å². The van der Waals surface area contributed by atoms with Crippen LogP contribution in [-0.2, 0) is 11.0 Å². The molecule has 0 aromatic heterocycles. The van der Waals surface area contributed by atoms with E-state index in [1.54, 1.807) is 7.11 Å². The van der Waals surface area contributed by atoms with Gasteiger partial charge in [0.2, 0.25) is 5.91 Å². The van der Waals surface area contributed by atoms with Crippen LogP contribution in [-0.4, -0.2) is 13.0 Å². The number of amides is 1. The lowest BCUT2D eigenvalue weighted by atomic mass is 10.1. The second kappa shape index (κ2) is 6.19. The van der Waals surface area contributed by atoms with Gasteiger partial charge >= 0.3 is 6.18 Å². The normalized spacial score (nSPS) is 19.7. The van der Waals surface area contributed by atoms with Gasteiger partial charge in [-0.05, 0) is 42.2 Å². The van der Waals surface area contributed by atoms with Crippen LogP contribution in [0.2, 0.25) is 0 Å². The number of carbonyl (C=O) groups is 1. The van der Waals surface area contributed by atoms with Crippen molar-refractivity contribution in [2.24, 2.45) is 5.92 Å². The van der Waals surface area contributed by atoms with Crippen molar-refractivity contribution in [3.8, 4) is 5.75 Å². The highest BCUT2D eigenvalue weighted by Gasteiger charge is 2.44. The Bertz CT molecular complexity index is 741. The molecule has 126 valence electrons. The van der Waals surface area contributed by atoms with Crippen LogP contribution in [0.15, 0.2) is 48.5 Å². The fourth-order valence-electron chi connectivity index (χ4n) is 2.77. The number of ether oxygens (including phenoxy) is 1. The Morgan fingerprint density at radius 3 is 2.42 bits per heavy atom. The summed E-state index contributed by atoms with van der Waals surface area (Å²) in [7, 11) is 1.57. The molecule has 1 N–H and O–H groups in total. The molecule has 6 heteroatoms. The number of benzene rings is 2. The van der Waals surface area contributed by atoms with Crippen molar-refractivity contribution in [2.45, 2.75) is 18.5 Å². The van der Waals surface area contributed by atoms with Crippen molar-refractivity contribution < 1.29 is 22.7 Å². The molecule has 3 rings (SSSR count). The number of halogens is 3. The molecule has 0 bridgehead atoms. The van der Waals surface area contributed by atoms with Gasteiger partial charge in [-0.3, -0.25) is 4.79 Å². The maximum Gasteiger partial charge on any atom is 0.418 e. The third kappa shape index (κ3) is 3.37. The Kier molecular flexibility index (Phi) is 4.22. The molecule has 1 saturated carbocycles. The van der Waals surface area contributed by atoms with Crippen molar-refractivity contribution in [3.63, 3.8) is 0 Å². The largest absolute Gasteiger partial charge is 0.497 e. The number of nitrogens with one attached hydrogen (secondary N) is 1. The molecule has 0 radical (unpaired) electrons. The highest BCUT2D eigenvalue weighted by atomic mass is 19.4. The maximum atomic E-state index is 13.0. The third-order valence-corrected chi connectivity index (χ3v) is 4.16. The fourth-order valence-corrected chi connectivity index (χ4v) is 2.77. The van der Waals surface area contributed by atoms with Gasteiger partial charge in [0.25, 0.3) is 0 Å². The Balaban J connectivity index is 1.69. The first-order valence-electron chi connectivity index (χ1n) is 7.51. The van der Waals surface area contributed by atoms with Crippen LogP contribution < -0.4 is 10.1 Å². The van der Waals surface area contributed by atoms with E-state index in [0.29, 0.717) is 6.42 Å². The third-order valence-electron chi connectivity index (χ3n) is 4.16. The fraction of sp³-hybridized carbons (Fsp3) is 0.278. The number of para-hydroxylation sites is 1. The molecular weight excluding hydrogens is 319 g/mol. The van der Waals surface area contributed by atoms with E-state index in [0.717, 1.165) is 17.4 Å². The van der Waals surface area contributed by atoms with E-state index in [4.69, 9.17) is 4.74 Å². The second-order valence-electron chi connectivity index (χ2n) is 5.75. The predicted octanol–water partition coefficient (Wildman–Crippen LogP) is 4.46. The van der Waals surface area contributed by atoms with E-state index in [2.05, 4.69) is 5.32 Å². The number of alkyl halides is 3. The Morgan fingerprint density at radius 2 is 1.79 bits per heavy atom. The average molecular weight is 335 g/mol. The minimum atomic E-state index is -4.50. The van der Waals surface area contributed by atoms with Crippen molar-refractivity contribution >= 4 is 11.6 Å². The molecule has 2 unspecified atom stereocenters. The maximum absolute atomic E-state index is 13.0. The summed E-state index contributed by atoms with van der Waals surface area (Å²) in [6.07, 6.45) is -3.87. The molecule has 0 saturated heterocycles. The quantitative estimate of drug-likeness (QED) is 0.896. The standard InChI is InChI=1S/C18H16F3NO2/c1-24-12-8-6-11(7-9-12)13-10-14(13)17(23)22-16-5-3-2-4-15(16)18(19,20)21/h2-9,13-14H,10H2,1H3,(H,22,23). The minimum Gasteiger partial charge on any atom is -0.497 e. The first-order valence-corrected chi connectivity index (χ1v) is 7.51. The van der Waals surface area contributed by atoms with Gasteiger partial charge in [0.15, 0.2) is 0 Å². The van der Waals surface area contributed by atoms with E-state index in [-0.39, 0.29) is 23.4 Å². The van der Waals surface area contributed by atoms with Gasteiger partial charge in [-0.1, -0.05) is 24.3 Å². The number of methoxy groups -OCH3 is 1. The number of hydrogen-bond donors (Lipinski definition) is 1. The lowest BCUT2D eigenvalue weighted by molar-refractivity contribution is -0.137. The summed E-state index contributed by atoms with van der Waals surface area (Å²) in [4.78, 5) is 12.3. The summed E-state index contributed by atoms with van der Waals surface area (Å²) in [5.74, 6) is 0.0701. The molecule has 1 fully saturated rings. The molecule has 3 nitrogen and oxygen atoms in total. The topological polar surface area (TPSA) is 38.3 Å². The van der Waals surface area contributed by atoms with E-state index < -0.39 is 11.7 Å². The number of carbonyl (C=O) groups excluding carboxylic acids is 1. The van der Waals surface area contributed by atoms with E-state index >= 15 is 0 Å². The zero-order valence-corrected chi connectivity index (χ0v) is 12.9. The Labute approximate surface area is 137 Å². The smallest absolute Gasteiger partial charge is 0.418 e. The van der Waals surface area contributed by atoms with Crippen LogP contribution in [0.25, 0.3) is 0 Å². The zero-order valence-electron chi connectivity index (χ0n) is 12.9. The lowest BCUT2D eigenvalue weighted by Gasteiger charge is -2.13. The summed E-state index contributed by atoms with van der Waals surface area (Å²) in [6.45, 7) is 0. The van der Waals surface area contributed by atoms with Crippen LogP contribution in [0, 0.1) is 5.92 Å². The number of anilines is 1. The van der Waals surface area contributed by atoms with Gasteiger partial charge in [0.1, 0.15) is 5.75 Å². The van der Waals surface area contributed by atoms with Gasteiger partial charge < -0.3 is 10.1 Å². The number of rotatable bonds is 4. The highest BCUT2D eigenvalue weighted by molar-refractivity contribution is 5.96. The SMILES string of the molecule is COc1ccc(C2CC2C(=O)Nc2ccccc2C(F)(F)F)cc1. The van der Waals surface area contributed by atoms with Crippen LogP contribution in [0.4, 0.5) is 18.9 Å². The predicted molar refractivity (Wildman–Crippen MR) is 83.9 cm³/mol. The average Bonchev–Trinajstić information content (AvgIpc) is 3.35. The van der Waals surface area contributed by atoms with E-state index in [9.17, 15) is 18.0 Å². The Hall–Kier alpha value is -2.50. The first-order chi connectivity index (χ1) is 11.4. The summed E-state index contributed by atoms with van der Waals surface area (Å²) < 4.78 is 44.0. The van der Waals surface area contributed by atoms with Gasteiger partial charge in [0, 0.05) is 5.92 Å². The molecule has 0 heterocycles. The molecule has 1 aliphatic rings. The summed E-state index contributed by atoms with van der Waals surface area (Å²) in [5, 5.41) is 2.42. The van der Waals surface area contributed by atoms with E-state index in [1.165, 1.54) is 18.2 Å². The summed E-state index contributed by atoms with van der Waals surface area (Å²) >= 11 is 0. The molecule has 24 heavy (non-hydrogen) atoms. The molecular formula is C18H16F3NO2. The van der Waals surface area contributed by atoms with Crippen molar-refractivity contribution in [2.75, 3.05) is 12.4 Å². The lowest BCUT2D eigenvalue weighted by Crippen LogP contribution is -2.18. The number of hydrogen-bond acceptors (Lipinski definition) is 2. The Morgan fingerprint density at radius 1 is 1.12 bits per heavy atom. The molecule has 1 amide bonds. The molecule has 0 spiro atoms. The molecule has 2 aromatic rings. The first kappa shape index (κ1) is 16.4. The van der Waals surface area contributed by atoms with Gasteiger partial charge in [0.05, 0.1) is 18.4 Å². The molecule has 0 aliphatic heterocycles. The highest BCUT2D eigenvalue weighted by Crippen LogP contribution is 2.48. The summed E-state index contributed by atoms with van der Waals surface area (Å²) in [6, 6.07) is 12.4. The van der Waals surface area contributed by atoms with Gasteiger partial charge in [-0.25, -0.2) is 0 Å². The van der Waals surface area contributed by atoms with Crippen LogP contribution in [0.5, 0.6) is 5.75 Å². The monoisotopic (exact) mass is 335 g/mol. The van der Waals surface area contributed by atoms with Crippen molar-refractivity contribution in [1.29, 1.82) is 0 Å². The molecule has 2 atom stereocenters.